The molecule has 0 N–H and O–H groups in total. The molecule has 0 rings (SSSR count). The van der Waals surface area contributed by atoms with Crippen LogP contribution in [0.1, 0.15) is 20.3 Å². The van der Waals surface area contributed by atoms with Crippen molar-refractivity contribution >= 4 is 8.07 Å². The Kier molecular flexibility index (Phi) is 4.61. The van der Waals surface area contributed by atoms with E-state index in [1.165, 1.54) is 13.0 Å². The van der Waals surface area contributed by atoms with Gasteiger partial charge in [-0.25, -0.2) is 0 Å². The summed E-state index contributed by atoms with van der Waals surface area (Å²) >= 11 is 0. The Labute approximate surface area is 78.5 Å². The van der Waals surface area contributed by atoms with E-state index in [2.05, 4.69) is 51.6 Å². The van der Waals surface area contributed by atoms with E-state index in [9.17, 15) is 0 Å². The molecule has 2 heteroatoms. The van der Waals surface area contributed by atoms with Gasteiger partial charge in [-0.2, -0.15) is 0 Å². The molecule has 0 aromatic carbocycles. The first-order valence-electron chi connectivity index (χ1n) is 4.77. The van der Waals surface area contributed by atoms with Crippen LogP contribution in [0.5, 0.6) is 0 Å². The molecule has 0 heterocycles. The number of hydrogen-bond donors (Lipinski definition) is 0. The fraction of sp³-hybridized carbons (Fsp3) is 0.800. The van der Waals surface area contributed by atoms with Crippen LogP contribution in [0.15, 0.2) is 11.4 Å². The maximum Gasteiger partial charge on any atom is 0.0739 e. The van der Waals surface area contributed by atoms with Crippen molar-refractivity contribution in [3.05, 3.63) is 11.4 Å². The van der Waals surface area contributed by atoms with E-state index in [-0.39, 0.29) is 0 Å². The van der Waals surface area contributed by atoms with E-state index < -0.39 is 8.07 Å². The van der Waals surface area contributed by atoms with Gasteiger partial charge in [-0.1, -0.05) is 31.8 Å². The Hall–Kier alpha value is -0.243. The molecule has 0 fully saturated rings. The van der Waals surface area contributed by atoms with Crippen LogP contribution >= 0.6 is 0 Å². The van der Waals surface area contributed by atoms with Gasteiger partial charge in [0.2, 0.25) is 0 Å². The molecule has 0 unspecified atom stereocenters. The van der Waals surface area contributed by atoms with E-state index >= 15 is 0 Å². The van der Waals surface area contributed by atoms with E-state index in [0.29, 0.717) is 0 Å². The monoisotopic (exact) mass is 185 g/mol. The summed E-state index contributed by atoms with van der Waals surface area (Å²) in [5.74, 6) is 0. The first-order valence-corrected chi connectivity index (χ1v) is 8.27. The molecule has 72 valence electrons. The maximum absolute atomic E-state index is 2.39. The van der Waals surface area contributed by atoms with Crippen LogP contribution in [0.3, 0.4) is 0 Å². The summed E-state index contributed by atoms with van der Waals surface area (Å²) in [5.41, 5.74) is 0. The van der Waals surface area contributed by atoms with E-state index in [4.69, 9.17) is 0 Å². The van der Waals surface area contributed by atoms with Crippen molar-refractivity contribution in [1.82, 2.24) is 4.90 Å². The molecule has 0 aliphatic rings. The lowest BCUT2D eigenvalue weighted by molar-refractivity contribution is 0.452. The minimum Gasteiger partial charge on any atom is -0.381 e. The molecular formula is C10H23NSi. The van der Waals surface area contributed by atoms with Crippen molar-refractivity contribution in [2.45, 2.75) is 39.9 Å². The van der Waals surface area contributed by atoms with Crippen molar-refractivity contribution < 1.29 is 0 Å². The topological polar surface area (TPSA) is 3.24 Å². The highest BCUT2D eigenvalue weighted by molar-refractivity contribution is 6.82. The second-order valence-electron chi connectivity index (χ2n) is 4.54. The third-order valence-electron chi connectivity index (χ3n) is 2.17. The molecule has 0 bridgehead atoms. The SMILES string of the molecule is CCCN(C)/C=C(\C)[Si](C)(C)C. The van der Waals surface area contributed by atoms with E-state index in [1.54, 1.807) is 5.20 Å². The second-order valence-corrected chi connectivity index (χ2v) is 9.83. The van der Waals surface area contributed by atoms with Crippen molar-refractivity contribution in [1.29, 1.82) is 0 Å². The first-order chi connectivity index (χ1) is 5.38. The molecule has 12 heavy (non-hydrogen) atoms. The molecule has 1 nitrogen and oxygen atoms in total. The van der Waals surface area contributed by atoms with Gasteiger partial charge in [-0.05, 0) is 19.5 Å². The molecule has 0 amide bonds. The van der Waals surface area contributed by atoms with Crippen LogP contribution in [0, 0.1) is 0 Å². The van der Waals surface area contributed by atoms with Crippen molar-refractivity contribution in [3.63, 3.8) is 0 Å². The van der Waals surface area contributed by atoms with Crippen molar-refractivity contribution in [3.8, 4) is 0 Å². The zero-order chi connectivity index (χ0) is 9.78. The predicted molar refractivity (Wildman–Crippen MR) is 60.0 cm³/mol. The third-order valence-corrected chi connectivity index (χ3v) is 4.67. The molecule has 0 spiro atoms. The van der Waals surface area contributed by atoms with Gasteiger partial charge in [0.05, 0.1) is 8.07 Å². The second kappa shape index (κ2) is 4.70. The first kappa shape index (κ1) is 11.8. The summed E-state index contributed by atoms with van der Waals surface area (Å²) in [7, 11) is 1.13. The van der Waals surface area contributed by atoms with Crippen LogP contribution in [-0.4, -0.2) is 26.6 Å². The number of nitrogens with zero attached hydrogens (tertiary/aromatic N) is 1. The highest BCUT2D eigenvalue weighted by Crippen LogP contribution is 2.13. The molecule has 0 aromatic heterocycles. The van der Waals surface area contributed by atoms with Crippen LogP contribution in [0.4, 0.5) is 0 Å². The Balaban J connectivity index is 4.16. The Bertz CT molecular complexity index is 156. The van der Waals surface area contributed by atoms with Gasteiger partial charge < -0.3 is 4.90 Å². The molecule has 0 radical (unpaired) electrons. The quantitative estimate of drug-likeness (QED) is 0.608. The third kappa shape index (κ3) is 4.60. The van der Waals surface area contributed by atoms with Crippen LogP contribution in [0.25, 0.3) is 0 Å². The lowest BCUT2D eigenvalue weighted by Gasteiger charge is -2.21. The zero-order valence-electron chi connectivity index (χ0n) is 9.44. The summed E-state index contributed by atoms with van der Waals surface area (Å²) < 4.78 is 0. The summed E-state index contributed by atoms with van der Waals surface area (Å²) in [6.07, 6.45) is 3.54. The molecule has 0 saturated carbocycles. The normalized spacial score (nSPS) is 13.3. The zero-order valence-corrected chi connectivity index (χ0v) is 10.4. The highest BCUT2D eigenvalue weighted by Gasteiger charge is 2.15. The lowest BCUT2D eigenvalue weighted by atomic mass is 10.4. The fourth-order valence-corrected chi connectivity index (χ4v) is 1.55. The molecule has 0 aromatic rings. The van der Waals surface area contributed by atoms with Gasteiger partial charge in [-0.15, -0.1) is 0 Å². The fourth-order valence-electron chi connectivity index (χ4n) is 0.941. The number of hydrogen-bond acceptors (Lipinski definition) is 1. The van der Waals surface area contributed by atoms with Gasteiger partial charge in [0.25, 0.3) is 0 Å². The summed E-state index contributed by atoms with van der Waals surface area (Å²) in [6, 6.07) is 0. The van der Waals surface area contributed by atoms with Crippen molar-refractivity contribution in [2.24, 2.45) is 0 Å². The van der Waals surface area contributed by atoms with Gasteiger partial charge >= 0.3 is 0 Å². The predicted octanol–water partition coefficient (Wildman–Crippen LogP) is 3.11. The Morgan fingerprint density at radius 2 is 1.83 bits per heavy atom. The molecule has 0 aliphatic heterocycles. The number of allylic oxidation sites excluding steroid dienone is 1. The van der Waals surface area contributed by atoms with Crippen LogP contribution in [0.2, 0.25) is 19.6 Å². The average molecular weight is 185 g/mol. The van der Waals surface area contributed by atoms with Crippen LogP contribution < -0.4 is 0 Å². The van der Waals surface area contributed by atoms with Gasteiger partial charge in [0.1, 0.15) is 0 Å². The largest absolute Gasteiger partial charge is 0.381 e. The van der Waals surface area contributed by atoms with Gasteiger partial charge in [-0.3, -0.25) is 0 Å². The molecular weight excluding hydrogens is 162 g/mol. The smallest absolute Gasteiger partial charge is 0.0739 e. The minimum absolute atomic E-state index is 1.03. The van der Waals surface area contributed by atoms with Gasteiger partial charge in [0, 0.05) is 13.6 Å². The van der Waals surface area contributed by atoms with Gasteiger partial charge in [0.15, 0.2) is 0 Å². The minimum atomic E-state index is -1.03. The Morgan fingerprint density at radius 1 is 1.33 bits per heavy atom. The van der Waals surface area contributed by atoms with E-state index in [1.807, 2.05) is 0 Å². The molecule has 0 aliphatic carbocycles. The summed E-state index contributed by atoms with van der Waals surface area (Å²) in [4.78, 5) is 2.30. The molecule has 0 atom stereocenters. The lowest BCUT2D eigenvalue weighted by Crippen LogP contribution is -2.25. The number of rotatable bonds is 4. The molecule has 0 saturated heterocycles. The van der Waals surface area contributed by atoms with Crippen LogP contribution in [-0.2, 0) is 0 Å². The standard InChI is InChI=1S/C10H23NSi/c1-7-8-11(3)9-10(2)12(4,5)6/h9H,7-8H2,1-6H3/b10-9+. The van der Waals surface area contributed by atoms with E-state index in [0.717, 1.165) is 0 Å². The Morgan fingerprint density at radius 3 is 2.17 bits per heavy atom. The summed E-state index contributed by atoms with van der Waals surface area (Å²) in [5, 5.41) is 1.58. The van der Waals surface area contributed by atoms with Crippen molar-refractivity contribution in [2.75, 3.05) is 13.6 Å². The maximum atomic E-state index is 2.39. The summed E-state index contributed by atoms with van der Waals surface area (Å²) in [6.45, 7) is 12.8. The highest BCUT2D eigenvalue weighted by atomic mass is 28.3. The average Bonchev–Trinajstić information content (AvgIpc) is 1.85.